The van der Waals surface area contributed by atoms with Crippen LogP contribution in [0.4, 0.5) is 0 Å². The maximum atomic E-state index is 9.48. The predicted octanol–water partition coefficient (Wildman–Crippen LogP) is 0.797. The van der Waals surface area contributed by atoms with Crippen LogP contribution in [-0.2, 0) is 0 Å². The summed E-state index contributed by atoms with van der Waals surface area (Å²) in [5.41, 5.74) is 0. The van der Waals surface area contributed by atoms with E-state index < -0.39 is 0 Å². The summed E-state index contributed by atoms with van der Waals surface area (Å²) in [6.45, 7) is 1.91. The number of fused-ring (bicyclic) bond motifs is 1. The molecule has 0 aromatic carbocycles. The standard InChI is InChI=1S/C8H16N2O/c11-10-6-2-4-7-3-1-5-9-8(7)10/h7-9,11H,1-6H2. The van der Waals surface area contributed by atoms with Gasteiger partial charge in [-0.2, -0.15) is 5.06 Å². The average Bonchev–Trinajstić information content (AvgIpc) is 2.06. The normalized spacial score (nSPS) is 40.1. The van der Waals surface area contributed by atoms with Gasteiger partial charge in [-0.15, -0.1) is 0 Å². The summed E-state index contributed by atoms with van der Waals surface area (Å²) >= 11 is 0. The summed E-state index contributed by atoms with van der Waals surface area (Å²) in [5, 5.41) is 14.3. The lowest BCUT2D eigenvalue weighted by molar-refractivity contribution is -0.174. The molecule has 2 atom stereocenters. The molecular weight excluding hydrogens is 140 g/mol. The molecule has 0 bridgehead atoms. The van der Waals surface area contributed by atoms with Gasteiger partial charge in [-0.1, -0.05) is 0 Å². The fourth-order valence-corrected chi connectivity index (χ4v) is 2.24. The quantitative estimate of drug-likeness (QED) is 0.544. The molecule has 3 heteroatoms. The molecule has 0 aromatic rings. The molecule has 2 aliphatic heterocycles. The first-order chi connectivity index (χ1) is 5.38. The molecule has 3 nitrogen and oxygen atoms in total. The van der Waals surface area contributed by atoms with Gasteiger partial charge in [-0.25, -0.2) is 0 Å². The fourth-order valence-electron chi connectivity index (χ4n) is 2.24. The molecule has 11 heavy (non-hydrogen) atoms. The Balaban J connectivity index is 1.99. The van der Waals surface area contributed by atoms with E-state index in [-0.39, 0.29) is 6.17 Å². The Kier molecular flexibility index (Phi) is 2.11. The van der Waals surface area contributed by atoms with Gasteiger partial charge in [0.25, 0.3) is 0 Å². The van der Waals surface area contributed by atoms with Crippen molar-refractivity contribution in [1.29, 1.82) is 0 Å². The van der Waals surface area contributed by atoms with E-state index in [2.05, 4.69) is 5.32 Å². The molecule has 2 heterocycles. The van der Waals surface area contributed by atoms with Crippen LogP contribution < -0.4 is 5.32 Å². The SMILES string of the molecule is ON1CCCC2CCCNC21. The summed E-state index contributed by atoms with van der Waals surface area (Å²) in [7, 11) is 0. The van der Waals surface area contributed by atoms with Crippen LogP contribution >= 0.6 is 0 Å². The monoisotopic (exact) mass is 156 g/mol. The first-order valence-corrected chi connectivity index (χ1v) is 4.57. The van der Waals surface area contributed by atoms with Gasteiger partial charge in [0.15, 0.2) is 0 Å². The van der Waals surface area contributed by atoms with Crippen LogP contribution in [0.25, 0.3) is 0 Å². The van der Waals surface area contributed by atoms with Gasteiger partial charge >= 0.3 is 0 Å². The number of hydrogen-bond acceptors (Lipinski definition) is 3. The maximum absolute atomic E-state index is 9.48. The zero-order valence-corrected chi connectivity index (χ0v) is 6.79. The molecule has 2 rings (SSSR count). The van der Waals surface area contributed by atoms with Crippen molar-refractivity contribution in [3.63, 3.8) is 0 Å². The second-order valence-electron chi connectivity index (χ2n) is 3.61. The first kappa shape index (κ1) is 7.53. The van der Waals surface area contributed by atoms with Crippen molar-refractivity contribution in [3.8, 4) is 0 Å². The van der Waals surface area contributed by atoms with E-state index in [1.165, 1.54) is 24.3 Å². The molecule has 2 aliphatic rings. The number of hydroxylamine groups is 2. The summed E-state index contributed by atoms with van der Waals surface area (Å²) in [4.78, 5) is 0. The Morgan fingerprint density at radius 1 is 1.27 bits per heavy atom. The number of hydrogen-bond donors (Lipinski definition) is 2. The first-order valence-electron chi connectivity index (χ1n) is 4.57. The van der Waals surface area contributed by atoms with E-state index in [1.54, 1.807) is 0 Å². The molecule has 2 saturated heterocycles. The molecular formula is C8H16N2O. The van der Waals surface area contributed by atoms with Crippen LogP contribution in [-0.4, -0.2) is 29.5 Å². The Hall–Kier alpha value is -0.120. The Bertz CT molecular complexity index is 138. The van der Waals surface area contributed by atoms with Crippen molar-refractivity contribution in [2.24, 2.45) is 5.92 Å². The van der Waals surface area contributed by atoms with Gasteiger partial charge in [0, 0.05) is 6.54 Å². The van der Waals surface area contributed by atoms with Crippen LogP contribution in [0, 0.1) is 5.92 Å². The molecule has 2 fully saturated rings. The van der Waals surface area contributed by atoms with Gasteiger partial charge in [0.1, 0.15) is 0 Å². The van der Waals surface area contributed by atoms with Crippen LogP contribution in [0.1, 0.15) is 25.7 Å². The van der Waals surface area contributed by atoms with Crippen molar-refractivity contribution in [2.45, 2.75) is 31.8 Å². The molecule has 0 spiro atoms. The van der Waals surface area contributed by atoms with E-state index in [1.807, 2.05) is 0 Å². The van der Waals surface area contributed by atoms with Crippen LogP contribution in [0.15, 0.2) is 0 Å². The lowest BCUT2D eigenvalue weighted by atomic mass is 9.88. The summed E-state index contributed by atoms with van der Waals surface area (Å²) in [6, 6.07) is 0. The van der Waals surface area contributed by atoms with Gasteiger partial charge in [0.05, 0.1) is 6.17 Å². The molecule has 64 valence electrons. The van der Waals surface area contributed by atoms with E-state index in [9.17, 15) is 5.21 Å². The number of piperidine rings is 2. The number of rotatable bonds is 0. The van der Waals surface area contributed by atoms with Crippen LogP contribution in [0.3, 0.4) is 0 Å². The second-order valence-corrected chi connectivity index (χ2v) is 3.61. The third-order valence-electron chi connectivity index (χ3n) is 2.83. The van der Waals surface area contributed by atoms with Gasteiger partial charge in [0.2, 0.25) is 0 Å². The summed E-state index contributed by atoms with van der Waals surface area (Å²) < 4.78 is 0. The molecule has 2 unspecified atom stereocenters. The van der Waals surface area contributed by atoms with Crippen molar-refractivity contribution >= 4 is 0 Å². The van der Waals surface area contributed by atoms with Crippen LogP contribution in [0.5, 0.6) is 0 Å². The smallest absolute Gasteiger partial charge is 0.0869 e. The molecule has 0 aliphatic carbocycles. The largest absolute Gasteiger partial charge is 0.312 e. The highest BCUT2D eigenvalue weighted by atomic mass is 16.5. The molecule has 0 radical (unpaired) electrons. The van der Waals surface area contributed by atoms with Gasteiger partial charge in [-0.05, 0) is 38.1 Å². The van der Waals surface area contributed by atoms with E-state index in [4.69, 9.17) is 0 Å². The highest BCUT2D eigenvalue weighted by Gasteiger charge is 2.31. The predicted molar refractivity (Wildman–Crippen MR) is 42.2 cm³/mol. The minimum Gasteiger partial charge on any atom is -0.312 e. The third-order valence-corrected chi connectivity index (χ3v) is 2.83. The molecule has 0 amide bonds. The van der Waals surface area contributed by atoms with Crippen molar-refractivity contribution in [3.05, 3.63) is 0 Å². The second kappa shape index (κ2) is 3.09. The zero-order valence-electron chi connectivity index (χ0n) is 6.79. The zero-order chi connectivity index (χ0) is 7.68. The lowest BCUT2D eigenvalue weighted by Gasteiger charge is -2.41. The van der Waals surface area contributed by atoms with Crippen LogP contribution in [0.2, 0.25) is 0 Å². The number of nitrogens with zero attached hydrogens (tertiary/aromatic N) is 1. The molecule has 0 aromatic heterocycles. The Morgan fingerprint density at radius 3 is 2.91 bits per heavy atom. The van der Waals surface area contributed by atoms with Gasteiger partial charge < -0.3 is 5.21 Å². The van der Waals surface area contributed by atoms with Crippen molar-refractivity contribution in [1.82, 2.24) is 10.4 Å². The Labute approximate surface area is 67.3 Å². The lowest BCUT2D eigenvalue weighted by Crippen LogP contribution is -2.54. The third kappa shape index (κ3) is 1.41. The summed E-state index contributed by atoms with van der Waals surface area (Å²) in [6.07, 6.45) is 5.26. The maximum Gasteiger partial charge on any atom is 0.0869 e. The highest BCUT2D eigenvalue weighted by molar-refractivity contribution is 4.82. The topological polar surface area (TPSA) is 35.5 Å². The van der Waals surface area contributed by atoms with Crippen molar-refractivity contribution in [2.75, 3.05) is 13.1 Å². The summed E-state index contributed by atoms with van der Waals surface area (Å²) in [5.74, 6) is 0.697. The Morgan fingerprint density at radius 2 is 2.09 bits per heavy atom. The minimum absolute atomic E-state index is 0.262. The molecule has 0 saturated carbocycles. The average molecular weight is 156 g/mol. The van der Waals surface area contributed by atoms with E-state index in [0.29, 0.717) is 5.92 Å². The number of nitrogens with one attached hydrogen (secondary N) is 1. The molecule has 2 N–H and O–H groups in total. The van der Waals surface area contributed by atoms with E-state index in [0.717, 1.165) is 19.5 Å². The fraction of sp³-hybridized carbons (Fsp3) is 1.00. The van der Waals surface area contributed by atoms with Gasteiger partial charge in [-0.3, -0.25) is 5.32 Å². The minimum atomic E-state index is 0.262. The van der Waals surface area contributed by atoms with Crippen molar-refractivity contribution < 1.29 is 5.21 Å². The highest BCUT2D eigenvalue weighted by Crippen LogP contribution is 2.27. The van der Waals surface area contributed by atoms with E-state index >= 15 is 0 Å².